The quantitative estimate of drug-likeness (QED) is 0.166. The Labute approximate surface area is 375 Å². The van der Waals surface area contributed by atoms with Crippen molar-refractivity contribution < 1.29 is 8.83 Å². The molecule has 7 heteroatoms. The van der Waals surface area contributed by atoms with Gasteiger partial charge in [0.15, 0.2) is 11.2 Å². The van der Waals surface area contributed by atoms with E-state index in [-0.39, 0.29) is 0 Å². The van der Waals surface area contributed by atoms with Crippen LogP contribution in [0.1, 0.15) is 11.1 Å². The van der Waals surface area contributed by atoms with Crippen molar-refractivity contribution in [2.24, 2.45) is 0 Å². The van der Waals surface area contributed by atoms with Gasteiger partial charge >= 0.3 is 0 Å². The molecule has 0 N–H and O–H groups in total. The Morgan fingerprint density at radius 3 is 1.22 bits per heavy atom. The Bertz CT molecular complexity index is 3900. The van der Waals surface area contributed by atoms with Crippen LogP contribution in [0.4, 0.5) is 34.1 Å². The summed E-state index contributed by atoms with van der Waals surface area (Å²) in [5.74, 6) is 0. The van der Waals surface area contributed by atoms with Gasteiger partial charge in [-0.2, -0.15) is 10.5 Å². The van der Waals surface area contributed by atoms with Crippen molar-refractivity contribution in [3.8, 4) is 12.1 Å². The predicted octanol–water partition coefficient (Wildman–Crippen LogP) is 16.8. The van der Waals surface area contributed by atoms with Crippen molar-refractivity contribution >= 4 is 131 Å². The molecule has 0 spiro atoms. The van der Waals surface area contributed by atoms with Crippen molar-refractivity contribution in [2.75, 3.05) is 9.80 Å². The molecule has 3 heterocycles. The predicted molar refractivity (Wildman–Crippen MR) is 268 cm³/mol. The van der Waals surface area contributed by atoms with Gasteiger partial charge in [0, 0.05) is 64.5 Å². The highest BCUT2D eigenvalue weighted by Gasteiger charge is 2.22. The van der Waals surface area contributed by atoms with Gasteiger partial charge in [-0.25, -0.2) is 0 Å². The number of furan rings is 2. The summed E-state index contributed by atoms with van der Waals surface area (Å²) in [7, 11) is 0. The van der Waals surface area contributed by atoms with Crippen LogP contribution < -0.4 is 9.80 Å². The number of hydrogen-bond acceptors (Lipinski definition) is 7. The number of nitrogens with zero attached hydrogens (tertiary/aromatic N) is 4. The Morgan fingerprint density at radius 2 is 0.769 bits per heavy atom. The van der Waals surface area contributed by atoms with Crippen molar-refractivity contribution in [1.82, 2.24) is 0 Å². The van der Waals surface area contributed by atoms with Crippen LogP contribution in [0.2, 0.25) is 0 Å². The van der Waals surface area contributed by atoms with Crippen LogP contribution >= 0.6 is 11.3 Å². The molecule has 0 aliphatic heterocycles. The molecule has 6 nitrogen and oxygen atoms in total. The molecule has 0 aliphatic rings. The molecular weight excluding hydrogens is 817 g/mol. The van der Waals surface area contributed by atoms with Crippen molar-refractivity contribution in [3.05, 3.63) is 205 Å². The lowest BCUT2D eigenvalue weighted by atomic mass is 10.0. The minimum atomic E-state index is 0.603. The fourth-order valence-electron chi connectivity index (χ4n) is 9.56. The number of fused-ring (bicyclic) bond motifs is 11. The molecule has 10 aromatic carbocycles. The first kappa shape index (κ1) is 36.7. The molecule has 3 aromatic heterocycles. The number of thiophene rings is 1. The van der Waals surface area contributed by atoms with E-state index in [0.717, 1.165) is 99.5 Å². The van der Waals surface area contributed by atoms with E-state index in [0.29, 0.717) is 11.1 Å². The summed E-state index contributed by atoms with van der Waals surface area (Å²) >= 11 is 1.82. The molecular formula is C58H32N4O2S. The topological polar surface area (TPSA) is 80.3 Å². The van der Waals surface area contributed by atoms with Crippen LogP contribution in [0.25, 0.3) is 85.6 Å². The first-order chi connectivity index (χ1) is 32.1. The molecule has 0 atom stereocenters. The summed E-state index contributed by atoms with van der Waals surface area (Å²) in [6, 6.07) is 71.4. The molecule has 0 unspecified atom stereocenters. The van der Waals surface area contributed by atoms with Gasteiger partial charge in [-0.05, 0) is 143 Å². The second-order valence-electron chi connectivity index (χ2n) is 16.4. The van der Waals surface area contributed by atoms with Crippen LogP contribution in [0, 0.1) is 22.7 Å². The second-order valence-corrected chi connectivity index (χ2v) is 17.4. The van der Waals surface area contributed by atoms with Gasteiger partial charge in [0.25, 0.3) is 0 Å². The van der Waals surface area contributed by atoms with Gasteiger partial charge in [-0.15, -0.1) is 11.3 Å². The van der Waals surface area contributed by atoms with Gasteiger partial charge in [-0.1, -0.05) is 72.8 Å². The number of benzene rings is 10. The lowest BCUT2D eigenvalue weighted by Gasteiger charge is -2.26. The third kappa shape index (κ3) is 5.85. The second kappa shape index (κ2) is 14.3. The van der Waals surface area contributed by atoms with Crippen LogP contribution in [0.5, 0.6) is 0 Å². The fourth-order valence-corrected chi connectivity index (χ4v) is 10.7. The van der Waals surface area contributed by atoms with Gasteiger partial charge in [0.1, 0.15) is 11.2 Å². The monoisotopic (exact) mass is 848 g/mol. The number of nitriles is 2. The van der Waals surface area contributed by atoms with E-state index in [4.69, 9.17) is 8.83 Å². The van der Waals surface area contributed by atoms with E-state index in [9.17, 15) is 10.5 Å². The number of rotatable bonds is 6. The average molecular weight is 849 g/mol. The first-order valence-corrected chi connectivity index (χ1v) is 22.2. The summed E-state index contributed by atoms with van der Waals surface area (Å²) in [6.45, 7) is 0. The van der Waals surface area contributed by atoms with E-state index >= 15 is 0 Å². The minimum absolute atomic E-state index is 0.603. The van der Waals surface area contributed by atoms with Crippen LogP contribution in [-0.2, 0) is 0 Å². The zero-order valence-electron chi connectivity index (χ0n) is 34.5. The van der Waals surface area contributed by atoms with Crippen LogP contribution in [-0.4, -0.2) is 0 Å². The lowest BCUT2D eigenvalue weighted by Crippen LogP contribution is -2.10. The van der Waals surface area contributed by atoms with E-state index in [2.05, 4.69) is 131 Å². The summed E-state index contributed by atoms with van der Waals surface area (Å²) in [4.78, 5) is 4.45. The third-order valence-electron chi connectivity index (χ3n) is 12.6. The number of para-hydroxylation sites is 4. The summed E-state index contributed by atoms with van der Waals surface area (Å²) in [6.07, 6.45) is 0. The molecule has 65 heavy (non-hydrogen) atoms. The van der Waals surface area contributed by atoms with Gasteiger partial charge in [0.2, 0.25) is 0 Å². The number of hydrogen-bond donors (Lipinski definition) is 0. The standard InChI is InChI=1S/C58H32N4O2S/c59-33-35-15-21-41(22-16-35)61(51-11-5-9-47-45-7-1-3-13-53(45)63-57(47)51)43-25-19-37-31-55-49(29-39(37)27-43)50-30-40-28-44(26-20-38(40)32-56(50)65-55)62(42-23-17-36(34-60)18-24-42)52-12-6-10-48-46-8-2-4-14-54(46)64-58(48)52/h1-32H. The van der Waals surface area contributed by atoms with Crippen LogP contribution in [0.3, 0.4) is 0 Å². The molecule has 13 aromatic rings. The molecule has 0 amide bonds. The maximum absolute atomic E-state index is 9.66. The summed E-state index contributed by atoms with van der Waals surface area (Å²) in [5.41, 5.74) is 10.1. The smallest absolute Gasteiger partial charge is 0.159 e. The Morgan fingerprint density at radius 1 is 0.354 bits per heavy atom. The molecule has 0 bridgehead atoms. The Kier molecular flexibility index (Phi) is 8.10. The molecule has 0 saturated heterocycles. The Hall–Kier alpha value is -8.88. The molecule has 0 saturated carbocycles. The number of anilines is 6. The van der Waals surface area contributed by atoms with E-state index in [1.807, 2.05) is 96.3 Å². The summed E-state index contributed by atoms with van der Waals surface area (Å²) < 4.78 is 15.6. The lowest BCUT2D eigenvalue weighted by molar-refractivity contribution is 0.668. The molecule has 0 fully saturated rings. The normalized spacial score (nSPS) is 11.7. The SMILES string of the molecule is N#Cc1ccc(N(c2ccc3cc4sc5cc6ccc(N(c7ccc(C#N)cc7)c7cccc8c7oc7ccccc78)cc6cc5c4cc3c2)c2cccc3c2oc2ccccc23)cc1. The zero-order chi connectivity index (χ0) is 43.2. The summed E-state index contributed by atoms with van der Waals surface area (Å²) in [5, 5.41) is 30.5. The maximum Gasteiger partial charge on any atom is 0.159 e. The highest BCUT2D eigenvalue weighted by molar-refractivity contribution is 7.26. The van der Waals surface area contributed by atoms with E-state index in [1.54, 1.807) is 0 Å². The molecule has 0 aliphatic carbocycles. The van der Waals surface area contributed by atoms with E-state index in [1.165, 1.54) is 20.2 Å². The third-order valence-corrected chi connectivity index (χ3v) is 13.7. The van der Waals surface area contributed by atoms with Crippen LogP contribution in [0.15, 0.2) is 203 Å². The van der Waals surface area contributed by atoms with Crippen molar-refractivity contribution in [1.29, 1.82) is 10.5 Å². The molecule has 13 rings (SSSR count). The molecule has 302 valence electrons. The van der Waals surface area contributed by atoms with Gasteiger partial charge in [-0.3, -0.25) is 0 Å². The highest BCUT2D eigenvalue weighted by Crippen LogP contribution is 2.46. The van der Waals surface area contributed by atoms with Crippen molar-refractivity contribution in [3.63, 3.8) is 0 Å². The first-order valence-electron chi connectivity index (χ1n) is 21.3. The Balaban J connectivity index is 0.969. The van der Waals surface area contributed by atoms with Gasteiger partial charge < -0.3 is 18.6 Å². The maximum atomic E-state index is 9.66. The average Bonchev–Trinajstić information content (AvgIpc) is 4.05. The van der Waals surface area contributed by atoms with Crippen molar-refractivity contribution in [2.45, 2.75) is 0 Å². The highest BCUT2D eigenvalue weighted by atomic mass is 32.1. The molecule has 0 radical (unpaired) electrons. The zero-order valence-corrected chi connectivity index (χ0v) is 35.3. The fraction of sp³-hybridized carbons (Fsp3) is 0. The van der Waals surface area contributed by atoms with Gasteiger partial charge in [0.05, 0.1) is 34.6 Å². The minimum Gasteiger partial charge on any atom is -0.454 e. The largest absolute Gasteiger partial charge is 0.454 e. The van der Waals surface area contributed by atoms with E-state index < -0.39 is 0 Å².